The van der Waals surface area contributed by atoms with Crippen molar-refractivity contribution in [1.82, 2.24) is 10.2 Å². The van der Waals surface area contributed by atoms with Crippen LogP contribution in [-0.4, -0.2) is 29.0 Å². The minimum Gasteiger partial charge on any atom is -0.497 e. The highest BCUT2D eigenvalue weighted by atomic mass is 32.2. The molecule has 0 spiro atoms. The smallest absolute Gasteiger partial charge is 0.277 e. The molecule has 3 aromatic carbocycles. The summed E-state index contributed by atoms with van der Waals surface area (Å²) in [5, 5.41) is 11.2. The first-order chi connectivity index (χ1) is 15.2. The molecule has 0 bridgehead atoms. The molecule has 0 radical (unpaired) electrons. The van der Waals surface area contributed by atoms with Gasteiger partial charge in [-0.3, -0.25) is 4.79 Å². The Labute approximate surface area is 183 Å². The van der Waals surface area contributed by atoms with Crippen LogP contribution in [0.3, 0.4) is 0 Å². The molecular weight excluding hydrogens is 414 g/mol. The quantitative estimate of drug-likeness (QED) is 0.379. The number of carbonyl (C=O) groups excluding carboxylic acids is 1. The average molecular weight is 433 g/mol. The third kappa shape index (κ3) is 5.43. The topological polar surface area (TPSA) is 86.5 Å². The molecule has 31 heavy (non-hydrogen) atoms. The number of anilines is 1. The highest BCUT2D eigenvalue weighted by Crippen LogP contribution is 2.30. The number of ether oxygens (including phenoxy) is 2. The third-order valence-electron chi connectivity index (χ3n) is 4.20. The molecule has 0 aliphatic heterocycles. The zero-order valence-corrected chi connectivity index (χ0v) is 17.5. The van der Waals surface area contributed by atoms with E-state index < -0.39 is 0 Å². The molecule has 0 fully saturated rings. The minimum absolute atomic E-state index is 0.115. The van der Waals surface area contributed by atoms with Gasteiger partial charge in [-0.25, -0.2) is 0 Å². The fourth-order valence-electron chi connectivity index (χ4n) is 2.71. The van der Waals surface area contributed by atoms with Gasteiger partial charge in [0, 0.05) is 5.56 Å². The molecule has 0 aliphatic carbocycles. The standard InChI is InChI=1S/C23H19N3O4S/c1-28-17-13-11-16(12-14-17)22-25-26-23(30-22)31-15-21(27)24-19-9-5-6-10-20(19)29-18-7-3-2-4-8-18/h2-14H,15H2,1H3,(H,24,27). The summed E-state index contributed by atoms with van der Waals surface area (Å²) in [6.45, 7) is 0. The lowest BCUT2D eigenvalue weighted by molar-refractivity contribution is -0.113. The van der Waals surface area contributed by atoms with Crippen molar-refractivity contribution >= 4 is 23.4 Å². The summed E-state index contributed by atoms with van der Waals surface area (Å²) in [5.41, 5.74) is 1.36. The van der Waals surface area contributed by atoms with Gasteiger partial charge in [-0.1, -0.05) is 42.1 Å². The van der Waals surface area contributed by atoms with Crippen molar-refractivity contribution in [1.29, 1.82) is 0 Å². The SMILES string of the molecule is COc1ccc(-c2nnc(SCC(=O)Nc3ccccc3Oc3ccccc3)o2)cc1. The third-order valence-corrected chi connectivity index (χ3v) is 5.02. The number of thioether (sulfide) groups is 1. The number of para-hydroxylation sites is 3. The number of aromatic nitrogens is 2. The van der Waals surface area contributed by atoms with Crippen LogP contribution in [0.5, 0.6) is 17.2 Å². The normalized spacial score (nSPS) is 10.5. The Kier molecular flexibility index (Phi) is 6.49. The van der Waals surface area contributed by atoms with Crippen LogP contribution in [0.2, 0.25) is 0 Å². The van der Waals surface area contributed by atoms with Crippen molar-refractivity contribution in [2.75, 3.05) is 18.2 Å². The van der Waals surface area contributed by atoms with E-state index in [9.17, 15) is 4.79 Å². The van der Waals surface area contributed by atoms with E-state index in [4.69, 9.17) is 13.9 Å². The fourth-order valence-corrected chi connectivity index (χ4v) is 3.27. The molecule has 156 valence electrons. The number of methoxy groups -OCH3 is 1. The largest absolute Gasteiger partial charge is 0.497 e. The van der Waals surface area contributed by atoms with Crippen LogP contribution in [0.1, 0.15) is 0 Å². The molecule has 1 amide bonds. The first kappa shape index (κ1) is 20.5. The summed E-state index contributed by atoms with van der Waals surface area (Å²) in [6, 6.07) is 23.9. The maximum absolute atomic E-state index is 12.4. The Bertz CT molecular complexity index is 1150. The molecule has 4 aromatic rings. The van der Waals surface area contributed by atoms with Gasteiger partial charge >= 0.3 is 0 Å². The van der Waals surface area contributed by atoms with Crippen molar-refractivity contribution < 1.29 is 18.7 Å². The van der Waals surface area contributed by atoms with E-state index in [2.05, 4.69) is 15.5 Å². The number of carbonyl (C=O) groups is 1. The van der Waals surface area contributed by atoms with Crippen LogP contribution in [0.4, 0.5) is 5.69 Å². The lowest BCUT2D eigenvalue weighted by Gasteiger charge is -2.11. The maximum Gasteiger partial charge on any atom is 0.277 e. The summed E-state index contributed by atoms with van der Waals surface area (Å²) < 4.78 is 16.7. The van der Waals surface area contributed by atoms with Crippen LogP contribution < -0.4 is 14.8 Å². The molecule has 1 N–H and O–H groups in total. The van der Waals surface area contributed by atoms with Crippen LogP contribution in [0, 0.1) is 0 Å². The molecule has 1 heterocycles. The Hall–Kier alpha value is -3.78. The van der Waals surface area contributed by atoms with Gasteiger partial charge in [0.1, 0.15) is 11.5 Å². The van der Waals surface area contributed by atoms with Gasteiger partial charge in [0.15, 0.2) is 5.75 Å². The average Bonchev–Trinajstić information content (AvgIpc) is 3.29. The summed E-state index contributed by atoms with van der Waals surface area (Å²) in [5.74, 6) is 2.28. The Morgan fingerprint density at radius 3 is 2.45 bits per heavy atom. The highest BCUT2D eigenvalue weighted by molar-refractivity contribution is 7.99. The summed E-state index contributed by atoms with van der Waals surface area (Å²) in [7, 11) is 1.60. The lowest BCUT2D eigenvalue weighted by Crippen LogP contribution is -2.14. The fraction of sp³-hybridized carbons (Fsp3) is 0.0870. The van der Waals surface area contributed by atoms with Gasteiger partial charge < -0.3 is 19.2 Å². The first-order valence-corrected chi connectivity index (χ1v) is 10.4. The van der Waals surface area contributed by atoms with Crippen LogP contribution in [0.15, 0.2) is 88.5 Å². The summed E-state index contributed by atoms with van der Waals surface area (Å²) in [6.07, 6.45) is 0. The monoisotopic (exact) mass is 433 g/mol. The zero-order chi connectivity index (χ0) is 21.5. The second-order valence-corrected chi connectivity index (χ2v) is 7.28. The number of rotatable bonds is 8. The summed E-state index contributed by atoms with van der Waals surface area (Å²) in [4.78, 5) is 12.4. The first-order valence-electron chi connectivity index (χ1n) is 9.44. The van der Waals surface area contributed by atoms with E-state index in [0.29, 0.717) is 28.3 Å². The van der Waals surface area contributed by atoms with Crippen LogP contribution in [-0.2, 0) is 4.79 Å². The lowest BCUT2D eigenvalue weighted by atomic mass is 10.2. The molecule has 8 heteroatoms. The van der Waals surface area contributed by atoms with Gasteiger partial charge in [-0.05, 0) is 48.5 Å². The molecule has 1 aromatic heterocycles. The number of hydrogen-bond acceptors (Lipinski definition) is 7. The predicted octanol–water partition coefficient (Wildman–Crippen LogP) is 5.27. The molecule has 0 saturated carbocycles. The molecular formula is C23H19N3O4S. The van der Waals surface area contributed by atoms with Gasteiger partial charge in [0.25, 0.3) is 5.22 Å². The van der Waals surface area contributed by atoms with Crippen LogP contribution in [0.25, 0.3) is 11.5 Å². The molecule has 4 rings (SSSR count). The molecule has 0 aliphatic rings. The highest BCUT2D eigenvalue weighted by Gasteiger charge is 2.13. The van der Waals surface area contributed by atoms with Crippen molar-refractivity contribution in [3.05, 3.63) is 78.9 Å². The second kappa shape index (κ2) is 9.82. The molecule has 0 atom stereocenters. The molecule has 0 unspecified atom stereocenters. The predicted molar refractivity (Wildman–Crippen MR) is 119 cm³/mol. The molecule has 0 saturated heterocycles. The number of nitrogens with zero attached hydrogens (tertiary/aromatic N) is 2. The van der Waals surface area contributed by atoms with Crippen LogP contribution >= 0.6 is 11.8 Å². The zero-order valence-electron chi connectivity index (χ0n) is 16.6. The van der Waals surface area contributed by atoms with Crippen molar-refractivity contribution in [3.63, 3.8) is 0 Å². The van der Waals surface area contributed by atoms with E-state index in [-0.39, 0.29) is 11.7 Å². The number of benzene rings is 3. The number of amides is 1. The van der Waals surface area contributed by atoms with Crippen molar-refractivity contribution in [2.24, 2.45) is 0 Å². The van der Waals surface area contributed by atoms with E-state index in [0.717, 1.165) is 23.1 Å². The summed E-state index contributed by atoms with van der Waals surface area (Å²) >= 11 is 1.16. The second-order valence-electron chi connectivity index (χ2n) is 6.35. The van der Waals surface area contributed by atoms with Crippen molar-refractivity contribution in [3.8, 4) is 28.7 Å². The van der Waals surface area contributed by atoms with Gasteiger partial charge in [-0.2, -0.15) is 0 Å². The Balaban J connectivity index is 1.35. The van der Waals surface area contributed by atoms with Gasteiger partial charge in [-0.15, -0.1) is 10.2 Å². The molecule has 7 nitrogen and oxygen atoms in total. The van der Waals surface area contributed by atoms with Gasteiger partial charge in [0.2, 0.25) is 11.8 Å². The van der Waals surface area contributed by atoms with E-state index in [1.165, 1.54) is 0 Å². The number of hydrogen-bond donors (Lipinski definition) is 1. The van der Waals surface area contributed by atoms with Crippen molar-refractivity contribution in [2.45, 2.75) is 5.22 Å². The van der Waals surface area contributed by atoms with E-state index >= 15 is 0 Å². The number of nitrogens with one attached hydrogen (secondary N) is 1. The maximum atomic E-state index is 12.4. The Morgan fingerprint density at radius 1 is 0.935 bits per heavy atom. The minimum atomic E-state index is -0.210. The Morgan fingerprint density at radius 2 is 1.68 bits per heavy atom. The van der Waals surface area contributed by atoms with Gasteiger partial charge in [0.05, 0.1) is 18.6 Å². The van der Waals surface area contributed by atoms with E-state index in [1.54, 1.807) is 19.2 Å². The van der Waals surface area contributed by atoms with E-state index in [1.807, 2.05) is 66.7 Å².